The molecule has 5 aromatic carbocycles. The molecule has 22 atom stereocenters. The molecule has 606 valence electrons. The molecule has 3 saturated heterocycles. The molecule has 38 heteroatoms. The predicted molar refractivity (Wildman–Crippen MR) is 390 cm³/mol. The van der Waals surface area contributed by atoms with E-state index in [1.807, 2.05) is 13.8 Å². The number of nitrogens with one attached hydrogen (secondary N) is 6. The summed E-state index contributed by atoms with van der Waals surface area (Å²) in [6, 6.07) is -0.361. The molecule has 0 unspecified atom stereocenters. The van der Waals surface area contributed by atoms with Crippen LogP contribution in [-0.4, -0.2) is 227 Å². The molecule has 5 aromatic rings. The van der Waals surface area contributed by atoms with Crippen molar-refractivity contribution in [2.75, 3.05) is 20.7 Å². The monoisotopic (exact) mass is 1600 g/mol. The number of amides is 7. The molecule has 3 fully saturated rings. The largest absolute Gasteiger partial charge is 0.508 e. The Labute approximate surface area is 650 Å². The Kier molecular flexibility index (Phi) is 24.9. The predicted octanol–water partition coefficient (Wildman–Crippen LogP) is 0.686. The molecule has 0 radical (unpaired) electrons. The first-order chi connectivity index (χ1) is 52.6. The van der Waals surface area contributed by atoms with E-state index in [1.54, 1.807) is 19.0 Å². The van der Waals surface area contributed by atoms with Crippen molar-refractivity contribution in [2.24, 2.45) is 23.1 Å². The Bertz CT molecular complexity index is 4460. The average Bonchev–Trinajstić information content (AvgIpc) is 0.766. The van der Waals surface area contributed by atoms with Crippen molar-refractivity contribution in [3.05, 3.63) is 117 Å². The number of primary amides is 1. The molecule has 112 heavy (non-hydrogen) atoms. The van der Waals surface area contributed by atoms with Gasteiger partial charge in [-0.05, 0) is 131 Å². The maximum atomic E-state index is 16.4. The minimum Gasteiger partial charge on any atom is -0.508 e. The third-order valence-electron chi connectivity index (χ3n) is 20.4. The van der Waals surface area contributed by atoms with Crippen LogP contribution in [0.1, 0.15) is 125 Å². The van der Waals surface area contributed by atoms with E-state index in [0.29, 0.717) is 0 Å². The summed E-state index contributed by atoms with van der Waals surface area (Å²) in [7, 11) is 3.19. The molecule has 0 aliphatic carbocycles. The highest BCUT2D eigenvalue weighted by Crippen LogP contribution is 2.50. The number of aliphatic hydroxyl groups excluding tert-OH is 6. The summed E-state index contributed by atoms with van der Waals surface area (Å²) in [5.74, 6) is -16.0. The number of halogens is 2. The standard InChI is InChI=1S/C74H90Cl2N10O26/c1-27(2)15-40(86(7)8)66(98)84-55-57(92)31-10-13-43(37(75)17-31)107-45-19-33-20-46(61(45)112-72-62(59(94)58(93)47(26-87)109-72)111-50-25-74(6,79)64(96)29(4)106-50)108-44-14-11-32(18-38(44)76)60(110-49-24-73(5,78)63(95)28(3)105-49)56-70(102)83-54(71(103)104)36-21-34(88)22-42(90)51(36)35-16-30(9-12-41(35)89)52(67(99)85-56)82-68(100)53(33)81-65(97)39(23-48(77)91)80-69(55)101/h9-14,16-22,27-29,39-40,47,49-50,52-60,62-64,72,87-90,92-96H,15,23-26,78-79H2,1-8H3,(H2,77,91)(H,80,101)(H,81,97)(H,82,100)(H,83,102)(H,84,98)(H,85,99)(H,103,104)/t28-,29-,39-,40+,47-,49-,50-,52+,53+,54+,55+,56-,57+,58-,59+,60+,62-,63-,64-,72+,73-,74-/m0/s1. The van der Waals surface area contributed by atoms with Crippen molar-refractivity contribution in [3.8, 4) is 57.1 Å². The molecule has 7 amide bonds. The first-order valence-electron chi connectivity index (χ1n) is 35.7. The molecule has 0 aromatic heterocycles. The van der Waals surface area contributed by atoms with Gasteiger partial charge >= 0.3 is 5.97 Å². The van der Waals surface area contributed by atoms with Gasteiger partial charge in [-0.15, -0.1) is 0 Å². The van der Waals surface area contributed by atoms with Crippen LogP contribution in [0.3, 0.4) is 0 Å². The number of carbonyl (C=O) groups is 8. The van der Waals surface area contributed by atoms with Crippen LogP contribution in [-0.2, 0) is 62.0 Å². The van der Waals surface area contributed by atoms with Crippen LogP contribution < -0.4 is 63.3 Å². The third-order valence-corrected chi connectivity index (χ3v) is 21.0. The number of nitrogens with two attached hydrogens (primary N) is 3. The van der Waals surface area contributed by atoms with Gasteiger partial charge in [0.2, 0.25) is 53.4 Å². The Morgan fingerprint density at radius 2 is 1.22 bits per heavy atom. The van der Waals surface area contributed by atoms with Gasteiger partial charge < -0.3 is 138 Å². The maximum absolute atomic E-state index is 16.4. The fraction of sp³-hybridized carbons (Fsp3) is 0.486. The van der Waals surface area contributed by atoms with Crippen LogP contribution in [0.15, 0.2) is 78.9 Å². The molecule has 0 saturated carbocycles. The van der Waals surface area contributed by atoms with Gasteiger partial charge in [-0.25, -0.2) is 4.79 Å². The molecule has 0 spiro atoms. The smallest absolute Gasteiger partial charge is 0.330 e. The second-order valence-corrected chi connectivity index (χ2v) is 30.7. The number of carboxylic acids is 1. The molecule has 11 bridgehead atoms. The first kappa shape index (κ1) is 83.6. The highest BCUT2D eigenvalue weighted by Gasteiger charge is 2.52. The number of aliphatic hydroxyl groups is 6. The van der Waals surface area contributed by atoms with Gasteiger partial charge in [-0.3, -0.25) is 38.5 Å². The van der Waals surface area contributed by atoms with Crippen LogP contribution >= 0.6 is 23.2 Å². The zero-order valence-corrected chi connectivity index (χ0v) is 63.1. The van der Waals surface area contributed by atoms with E-state index < -0.39 is 261 Å². The number of carboxylic acid groups (broad SMARTS) is 1. The number of likely N-dealkylation sites (N-methyl/N-ethyl adjacent to an activating group) is 1. The number of nitrogens with zero attached hydrogens (tertiary/aromatic N) is 1. The maximum Gasteiger partial charge on any atom is 0.330 e. The van der Waals surface area contributed by atoms with Crippen LogP contribution in [0, 0.1) is 5.92 Å². The summed E-state index contributed by atoms with van der Waals surface area (Å²) in [5, 5.41) is 129. The molecule has 8 heterocycles. The van der Waals surface area contributed by atoms with E-state index >= 15 is 24.0 Å². The number of phenols is 3. The average molecular weight is 1610 g/mol. The number of aliphatic carboxylic acids is 1. The fourth-order valence-electron chi connectivity index (χ4n) is 14.4. The zero-order chi connectivity index (χ0) is 81.8. The summed E-state index contributed by atoms with van der Waals surface area (Å²) in [5.41, 5.74) is 13.3. The van der Waals surface area contributed by atoms with Crippen LogP contribution in [0.5, 0.6) is 46.0 Å². The Morgan fingerprint density at radius 1 is 0.661 bits per heavy atom. The van der Waals surface area contributed by atoms with Gasteiger partial charge in [0.1, 0.15) is 89.5 Å². The Morgan fingerprint density at radius 3 is 1.79 bits per heavy atom. The number of fused-ring (bicyclic) bond motifs is 15. The van der Waals surface area contributed by atoms with E-state index in [2.05, 4.69) is 31.9 Å². The summed E-state index contributed by atoms with van der Waals surface area (Å²) in [6.07, 6.45) is -22.8. The van der Waals surface area contributed by atoms with Gasteiger partial charge in [0.25, 0.3) is 0 Å². The molecular weight excluding hydrogens is 1520 g/mol. The van der Waals surface area contributed by atoms with Crippen molar-refractivity contribution < 1.29 is 127 Å². The Balaban J connectivity index is 1.19. The summed E-state index contributed by atoms with van der Waals surface area (Å²) in [6.45, 7) is 8.62. The van der Waals surface area contributed by atoms with E-state index in [-0.39, 0.29) is 52.6 Å². The lowest BCUT2D eigenvalue weighted by Gasteiger charge is -2.47. The van der Waals surface area contributed by atoms with Crippen molar-refractivity contribution >= 4 is 70.5 Å². The molecule has 8 aliphatic heterocycles. The molecule has 36 nitrogen and oxygen atoms in total. The van der Waals surface area contributed by atoms with Crippen LogP contribution in [0.2, 0.25) is 10.0 Å². The second kappa shape index (κ2) is 33.4. The van der Waals surface area contributed by atoms with Crippen LogP contribution in [0.25, 0.3) is 11.1 Å². The number of carbonyl (C=O) groups excluding carboxylic acids is 7. The van der Waals surface area contributed by atoms with Crippen molar-refractivity contribution in [2.45, 2.75) is 201 Å². The van der Waals surface area contributed by atoms with E-state index in [0.717, 1.165) is 48.5 Å². The zero-order valence-electron chi connectivity index (χ0n) is 61.6. The lowest BCUT2D eigenvalue weighted by molar-refractivity contribution is -0.333. The van der Waals surface area contributed by atoms with Crippen LogP contribution in [0.4, 0.5) is 0 Å². The number of aromatic hydroxyl groups is 3. The highest BCUT2D eigenvalue weighted by molar-refractivity contribution is 6.32. The summed E-state index contributed by atoms with van der Waals surface area (Å²) >= 11 is 14.5. The lowest BCUT2D eigenvalue weighted by atomic mass is 9.86. The number of hydrogen-bond acceptors (Lipinski definition) is 28. The fourth-order valence-corrected chi connectivity index (χ4v) is 14.9. The second-order valence-electron chi connectivity index (χ2n) is 29.9. The number of phenolic OH excluding ortho intramolecular Hbond substituents is 3. The van der Waals surface area contributed by atoms with Gasteiger partial charge in [0, 0.05) is 46.7 Å². The van der Waals surface area contributed by atoms with Gasteiger partial charge in [-0.1, -0.05) is 55.2 Å². The van der Waals surface area contributed by atoms with Crippen molar-refractivity contribution in [1.82, 2.24) is 36.8 Å². The summed E-state index contributed by atoms with van der Waals surface area (Å²) < 4.78 is 51.7. The Hall–Kier alpha value is -9.32. The SMILES string of the molecule is CC(C)C[C@H](C(=O)N[C@H]1C(=O)N[C@@H](CC(N)=O)C(=O)N[C@H]2C(=O)N[C@H]3C(=O)N[C@H](C(=O)N[C@@H](C(=O)O)c4cc(O)cc(O)c4-c4cc3ccc4O)[C@H](O[C@H]3C[C@](C)(N)[C@@H](O)[C@H](C)O3)c3ccc(c(Cl)c3)Oc3cc2cc(c3O[C@H]2O[C@@H](CO)[C@H](O)[C@@H](O)[C@@H]2O[C@H]2C[C@](C)(N)[C@@H](O)[C@H](C)O2)Oc2ccc(cc2Cl)[C@H]1O)N(C)C. The van der Waals surface area contributed by atoms with E-state index in [1.165, 1.54) is 58.0 Å². The third kappa shape index (κ3) is 17.7. The van der Waals surface area contributed by atoms with Crippen molar-refractivity contribution in [1.29, 1.82) is 0 Å². The van der Waals surface area contributed by atoms with Crippen molar-refractivity contribution in [3.63, 3.8) is 0 Å². The summed E-state index contributed by atoms with van der Waals surface area (Å²) in [4.78, 5) is 122. The molecule has 8 aliphatic rings. The number of hydrogen-bond donors (Lipinski definition) is 19. The lowest BCUT2D eigenvalue weighted by Crippen LogP contribution is -2.64. The first-order valence-corrected chi connectivity index (χ1v) is 36.4. The van der Waals surface area contributed by atoms with Gasteiger partial charge in [0.15, 0.2) is 36.2 Å². The van der Waals surface area contributed by atoms with Gasteiger partial charge in [0.05, 0.1) is 53.5 Å². The quantitative estimate of drug-likeness (QED) is 0.0685. The van der Waals surface area contributed by atoms with Gasteiger partial charge in [-0.2, -0.15) is 0 Å². The van der Waals surface area contributed by atoms with E-state index in [4.69, 9.17) is 78.3 Å². The molecule has 22 N–H and O–H groups in total. The molecule has 13 rings (SSSR count). The normalized spacial score (nSPS) is 31.9. The number of benzene rings is 5. The minimum absolute atomic E-state index is 0.106. The highest BCUT2D eigenvalue weighted by atomic mass is 35.5. The minimum atomic E-state index is -2.38. The molecular formula is C74H90Cl2N10O26. The number of ether oxygens (including phenoxy) is 8. The topological polar surface area (TPSA) is 566 Å². The van der Waals surface area contributed by atoms with E-state index in [9.17, 15) is 65.4 Å². The number of rotatable bonds is 15.